The number of rotatable bonds is 5. The van der Waals surface area contributed by atoms with Crippen LogP contribution in [0.15, 0.2) is 46.9 Å². The fraction of sp³-hybridized carbons (Fsp3) is 0.462. The van der Waals surface area contributed by atoms with E-state index >= 15 is 0 Å². The average Bonchev–Trinajstić information content (AvgIpc) is 3.09. The fourth-order valence-electron chi connectivity index (χ4n) is 5.15. The van der Waals surface area contributed by atoms with E-state index in [1.165, 1.54) is 38.2 Å². The number of H-pyrrole nitrogens is 1. The van der Waals surface area contributed by atoms with Gasteiger partial charge >= 0.3 is 0 Å². The molecule has 4 heterocycles. The molecule has 3 N–H and O–H groups in total. The second-order valence-electron chi connectivity index (χ2n) is 9.43. The van der Waals surface area contributed by atoms with Crippen LogP contribution in [-0.4, -0.2) is 40.1 Å². The summed E-state index contributed by atoms with van der Waals surface area (Å²) in [5.74, 6) is 2.10. The minimum atomic E-state index is -0.297. The van der Waals surface area contributed by atoms with Crippen molar-refractivity contribution < 1.29 is 4.39 Å². The molecule has 1 saturated heterocycles. The average molecular weight is 449 g/mol. The molecular formula is C26H33FN6. The number of likely N-dealkylation sites (tertiary alicyclic amines) is 1. The molecule has 0 saturated carbocycles. The van der Waals surface area contributed by atoms with Crippen LogP contribution in [-0.2, 0) is 0 Å². The summed E-state index contributed by atoms with van der Waals surface area (Å²) in [7, 11) is 0. The number of aliphatic imine (C=N–C) groups is 1. The topological polar surface area (TPSA) is 68.3 Å². The molecule has 1 aromatic heterocycles. The van der Waals surface area contributed by atoms with E-state index < -0.39 is 0 Å². The molecule has 3 aliphatic rings. The first-order valence-electron chi connectivity index (χ1n) is 12.2. The maximum Gasteiger partial charge on any atom is 0.141 e. The molecule has 5 rings (SSSR count). The zero-order chi connectivity index (χ0) is 22.9. The Morgan fingerprint density at radius 2 is 2.09 bits per heavy atom. The van der Waals surface area contributed by atoms with Crippen LogP contribution in [0, 0.1) is 18.7 Å². The lowest BCUT2D eigenvalue weighted by molar-refractivity contribution is 0.193. The molecule has 0 spiro atoms. The van der Waals surface area contributed by atoms with Gasteiger partial charge in [-0.15, -0.1) is 0 Å². The number of hydrogen-bond donors (Lipinski definition) is 3. The molecule has 174 valence electrons. The number of fused-ring (bicyclic) bond motifs is 2. The van der Waals surface area contributed by atoms with Gasteiger partial charge in [0.25, 0.3) is 0 Å². The van der Waals surface area contributed by atoms with Crippen molar-refractivity contribution >= 4 is 17.1 Å². The van der Waals surface area contributed by atoms with Gasteiger partial charge in [0.1, 0.15) is 28.9 Å². The largest absolute Gasteiger partial charge is 0.364 e. The van der Waals surface area contributed by atoms with Crippen LogP contribution in [0.4, 0.5) is 10.1 Å². The summed E-state index contributed by atoms with van der Waals surface area (Å²) in [5, 5.41) is 14.8. The van der Waals surface area contributed by atoms with Crippen molar-refractivity contribution in [2.45, 2.75) is 58.9 Å². The molecule has 0 radical (unpaired) electrons. The third-order valence-corrected chi connectivity index (χ3v) is 6.97. The van der Waals surface area contributed by atoms with Crippen LogP contribution in [0.3, 0.4) is 0 Å². The Labute approximate surface area is 195 Å². The highest BCUT2D eigenvalue weighted by Gasteiger charge is 2.32. The molecule has 33 heavy (non-hydrogen) atoms. The molecule has 0 bridgehead atoms. The van der Waals surface area contributed by atoms with Gasteiger partial charge in [0, 0.05) is 24.4 Å². The van der Waals surface area contributed by atoms with Crippen LogP contribution >= 0.6 is 0 Å². The van der Waals surface area contributed by atoms with Crippen molar-refractivity contribution in [3.05, 3.63) is 64.6 Å². The Hall–Kier alpha value is -3.09. The van der Waals surface area contributed by atoms with Crippen LogP contribution in [0.2, 0.25) is 0 Å². The highest BCUT2D eigenvalue weighted by Crippen LogP contribution is 2.37. The van der Waals surface area contributed by atoms with E-state index in [9.17, 15) is 4.39 Å². The zero-order valence-electron chi connectivity index (χ0n) is 19.7. The number of aryl methyl sites for hydroxylation is 1. The number of nitrogens with zero attached hydrogens (tertiary/aromatic N) is 3. The fourth-order valence-corrected chi connectivity index (χ4v) is 5.15. The van der Waals surface area contributed by atoms with Gasteiger partial charge in [-0.2, -0.15) is 5.10 Å². The van der Waals surface area contributed by atoms with E-state index in [0.717, 1.165) is 53.2 Å². The summed E-state index contributed by atoms with van der Waals surface area (Å²) in [6, 6.07) is 6.76. The van der Waals surface area contributed by atoms with Crippen LogP contribution < -0.4 is 10.6 Å². The first-order chi connectivity index (χ1) is 16.0. The maximum absolute atomic E-state index is 14.7. The number of unbranched alkanes of at least 4 members (excludes halogenated alkanes) is 1. The summed E-state index contributed by atoms with van der Waals surface area (Å²) in [5.41, 5.74) is 4.87. The number of benzene rings is 1. The number of amidine groups is 1. The number of hydrogen-bond acceptors (Lipinski definition) is 5. The summed E-state index contributed by atoms with van der Waals surface area (Å²) in [6.45, 7) is 8.51. The van der Waals surface area contributed by atoms with Crippen LogP contribution in [0.25, 0.3) is 5.57 Å². The predicted octanol–water partition coefficient (Wildman–Crippen LogP) is 4.99. The third kappa shape index (κ3) is 4.16. The summed E-state index contributed by atoms with van der Waals surface area (Å²) < 4.78 is 14.7. The lowest BCUT2D eigenvalue weighted by Crippen LogP contribution is -2.46. The van der Waals surface area contributed by atoms with Crippen molar-refractivity contribution in [3.8, 4) is 0 Å². The highest BCUT2D eigenvalue weighted by atomic mass is 19.1. The molecule has 3 aliphatic heterocycles. The Morgan fingerprint density at radius 1 is 1.24 bits per heavy atom. The summed E-state index contributed by atoms with van der Waals surface area (Å²) in [4.78, 5) is 7.32. The standard InChI is InChI=1S/C26H33FN6/c1-4-5-9-18-10-8-13-33(15-18)22-14-20-23(16(2)28-22)29-26(19-11-6-7-12-21(19)27)30-24-17(3)31-32-25(20)24/h6-7,11-12,14,16,18,28H,4-5,8-10,13,15H2,1-3H3,(H,29,30)(H,31,32). The van der Waals surface area contributed by atoms with E-state index in [1.807, 2.05) is 13.0 Å². The Bertz CT molecular complexity index is 1130. The van der Waals surface area contributed by atoms with Gasteiger partial charge in [0.05, 0.1) is 17.3 Å². The quantitative estimate of drug-likeness (QED) is 0.603. The number of piperidine rings is 1. The number of allylic oxidation sites excluding steroid dienone is 2. The second kappa shape index (κ2) is 9.04. The second-order valence-corrected chi connectivity index (χ2v) is 9.43. The van der Waals surface area contributed by atoms with E-state index in [0.29, 0.717) is 11.4 Å². The van der Waals surface area contributed by atoms with Crippen molar-refractivity contribution in [2.24, 2.45) is 10.9 Å². The van der Waals surface area contributed by atoms with Gasteiger partial charge in [-0.05, 0) is 57.2 Å². The molecule has 1 fully saturated rings. The summed E-state index contributed by atoms with van der Waals surface area (Å²) >= 11 is 0. The van der Waals surface area contributed by atoms with Gasteiger partial charge < -0.3 is 15.5 Å². The van der Waals surface area contributed by atoms with E-state index in [2.05, 4.69) is 45.7 Å². The number of aromatic amines is 1. The molecule has 1 aromatic carbocycles. The number of dihydropyridines is 1. The SMILES string of the molecule is CCCCC1CCCN(C2=CC3=C(NC(c4ccccc4F)=Nc4c3n[nH]c4C)C(C)N2)C1. The Kier molecular flexibility index (Phi) is 5.96. The monoisotopic (exact) mass is 448 g/mol. The third-order valence-electron chi connectivity index (χ3n) is 6.97. The highest BCUT2D eigenvalue weighted by molar-refractivity contribution is 6.05. The minimum absolute atomic E-state index is 0.0101. The molecule has 0 amide bonds. The Morgan fingerprint density at radius 3 is 2.91 bits per heavy atom. The van der Waals surface area contributed by atoms with Crippen LogP contribution in [0.1, 0.15) is 62.9 Å². The molecule has 0 aliphatic carbocycles. The first kappa shape index (κ1) is 21.7. The Balaban J connectivity index is 1.53. The van der Waals surface area contributed by atoms with Gasteiger partial charge in [0.15, 0.2) is 0 Å². The maximum atomic E-state index is 14.7. The van der Waals surface area contributed by atoms with Gasteiger partial charge in [-0.3, -0.25) is 5.10 Å². The molecular weight excluding hydrogens is 415 g/mol. The lowest BCUT2D eigenvalue weighted by Gasteiger charge is -2.39. The number of nitrogens with one attached hydrogen (secondary N) is 3. The molecule has 6 nitrogen and oxygen atoms in total. The zero-order valence-corrected chi connectivity index (χ0v) is 19.7. The molecule has 2 aromatic rings. The van der Waals surface area contributed by atoms with Crippen LogP contribution in [0.5, 0.6) is 0 Å². The first-order valence-corrected chi connectivity index (χ1v) is 12.2. The van der Waals surface area contributed by atoms with Crippen molar-refractivity contribution in [2.75, 3.05) is 13.1 Å². The van der Waals surface area contributed by atoms with Gasteiger partial charge in [0.2, 0.25) is 0 Å². The van der Waals surface area contributed by atoms with E-state index in [-0.39, 0.29) is 11.9 Å². The normalized spacial score (nSPS) is 22.5. The minimum Gasteiger partial charge on any atom is -0.364 e. The van der Waals surface area contributed by atoms with Gasteiger partial charge in [-0.25, -0.2) is 9.38 Å². The van der Waals surface area contributed by atoms with Gasteiger partial charge in [-0.1, -0.05) is 31.9 Å². The van der Waals surface area contributed by atoms with Crippen molar-refractivity contribution in [1.82, 2.24) is 25.7 Å². The molecule has 2 atom stereocenters. The smallest absolute Gasteiger partial charge is 0.141 e. The van der Waals surface area contributed by atoms with Crippen molar-refractivity contribution in [1.29, 1.82) is 0 Å². The molecule has 2 unspecified atom stereocenters. The van der Waals surface area contributed by atoms with Crippen molar-refractivity contribution in [3.63, 3.8) is 0 Å². The molecule has 7 heteroatoms. The summed E-state index contributed by atoms with van der Waals surface area (Å²) in [6.07, 6.45) is 8.59. The predicted molar refractivity (Wildman–Crippen MR) is 130 cm³/mol. The van der Waals surface area contributed by atoms with E-state index in [1.54, 1.807) is 12.1 Å². The lowest BCUT2D eigenvalue weighted by atomic mass is 9.92. The van der Waals surface area contributed by atoms with E-state index in [4.69, 9.17) is 4.99 Å². The number of halogens is 1. The number of aromatic nitrogens is 2.